The van der Waals surface area contributed by atoms with Gasteiger partial charge in [0.2, 0.25) is 0 Å². The van der Waals surface area contributed by atoms with Gasteiger partial charge in [-0.05, 0) is 12.1 Å². The van der Waals surface area contributed by atoms with Crippen LogP contribution in [-0.4, -0.2) is 9.78 Å². The fraction of sp³-hybridized carbons (Fsp3) is 0. The van der Waals surface area contributed by atoms with E-state index in [0.29, 0.717) is 10.7 Å². The quantitative estimate of drug-likeness (QED) is 0.880. The molecule has 1 heterocycles. The van der Waals surface area contributed by atoms with E-state index in [1.165, 1.54) is 16.3 Å². The molecule has 2 aromatic rings. The van der Waals surface area contributed by atoms with Crippen LogP contribution < -0.4 is 5.56 Å². The van der Waals surface area contributed by atoms with Crippen molar-refractivity contribution < 1.29 is 0 Å². The Morgan fingerprint density at radius 1 is 1.31 bits per heavy atom. The highest BCUT2D eigenvalue weighted by Gasteiger charge is 2.06. The molecule has 0 saturated carbocycles. The highest BCUT2D eigenvalue weighted by atomic mass is 35.5. The molecule has 0 radical (unpaired) electrons. The molecule has 0 fully saturated rings. The van der Waals surface area contributed by atoms with Crippen molar-refractivity contribution in [3.63, 3.8) is 0 Å². The van der Waals surface area contributed by atoms with Crippen LogP contribution in [-0.2, 0) is 0 Å². The first kappa shape index (κ1) is 11.0. The molecule has 0 aliphatic carbocycles. The number of nitrogens with one attached hydrogen (secondary N) is 1. The Hall–Kier alpha value is -1.45. The number of aromatic amines is 1. The van der Waals surface area contributed by atoms with Crippen molar-refractivity contribution in [2.75, 3.05) is 0 Å². The largest absolute Gasteiger partial charge is 0.289 e. The van der Waals surface area contributed by atoms with E-state index in [-0.39, 0.29) is 5.56 Å². The number of aromatic nitrogens is 2. The van der Waals surface area contributed by atoms with Crippen molar-refractivity contribution >= 4 is 28.2 Å². The number of halogens is 2. The second-order valence-electron chi connectivity index (χ2n) is 3.14. The van der Waals surface area contributed by atoms with Crippen LogP contribution in [0.5, 0.6) is 0 Å². The highest BCUT2D eigenvalue weighted by Crippen LogP contribution is 2.16. The van der Waals surface area contributed by atoms with Crippen LogP contribution in [0.15, 0.2) is 46.7 Å². The summed E-state index contributed by atoms with van der Waals surface area (Å²) in [6.45, 7) is 0. The summed E-state index contributed by atoms with van der Waals surface area (Å²) in [7, 11) is 0. The van der Waals surface area contributed by atoms with Crippen LogP contribution in [0.4, 0.5) is 0 Å². The summed E-state index contributed by atoms with van der Waals surface area (Å²) in [4.78, 5) is 11.7. The molecule has 0 aliphatic rings. The van der Waals surface area contributed by atoms with E-state index in [4.69, 9.17) is 23.2 Å². The van der Waals surface area contributed by atoms with Gasteiger partial charge < -0.3 is 0 Å². The first-order valence-corrected chi connectivity index (χ1v) is 5.37. The number of benzene rings is 1. The van der Waals surface area contributed by atoms with Gasteiger partial charge in [0.05, 0.1) is 16.4 Å². The molecule has 82 valence electrons. The van der Waals surface area contributed by atoms with E-state index in [2.05, 4.69) is 5.10 Å². The Bertz CT molecular complexity index is 569. The van der Waals surface area contributed by atoms with Crippen molar-refractivity contribution in [1.29, 1.82) is 0 Å². The lowest BCUT2D eigenvalue weighted by Gasteiger charge is -2.00. The third-order valence-electron chi connectivity index (χ3n) is 2.09. The minimum Gasteiger partial charge on any atom is -0.289 e. The highest BCUT2D eigenvalue weighted by molar-refractivity contribution is 6.52. The number of nitrogens with zero attached hydrogens (tertiary/aromatic N) is 1. The molecule has 1 N–H and O–H groups in total. The van der Waals surface area contributed by atoms with Crippen LogP contribution in [0, 0.1) is 0 Å². The molecule has 0 saturated heterocycles. The molecular formula is C11H8Cl2N2O. The predicted octanol–water partition coefficient (Wildman–Crippen LogP) is 2.94. The molecule has 16 heavy (non-hydrogen) atoms. The Morgan fingerprint density at radius 3 is 2.62 bits per heavy atom. The van der Waals surface area contributed by atoms with Gasteiger partial charge in [0.15, 0.2) is 0 Å². The second kappa shape index (κ2) is 4.60. The van der Waals surface area contributed by atoms with Crippen molar-refractivity contribution in [3.05, 3.63) is 58.0 Å². The first-order chi connectivity index (χ1) is 7.72. The van der Waals surface area contributed by atoms with Gasteiger partial charge in [-0.2, -0.15) is 0 Å². The number of hydrogen-bond acceptors (Lipinski definition) is 1. The standard InChI is InChI=1S/C11H8Cl2N2O/c12-7-9(13)10-6-11(16)15(14-10)8-4-2-1-3-5-8/h1-7,14H/b9-7-. The van der Waals surface area contributed by atoms with Crippen molar-refractivity contribution in [2.45, 2.75) is 0 Å². The lowest BCUT2D eigenvalue weighted by atomic mass is 10.3. The SMILES string of the molecule is O=c1cc(/C(Cl)=C/Cl)[nH]n1-c1ccccc1. The average Bonchev–Trinajstić information content (AvgIpc) is 2.71. The molecule has 3 nitrogen and oxygen atoms in total. The zero-order valence-corrected chi connectivity index (χ0v) is 9.66. The van der Waals surface area contributed by atoms with Crippen LogP contribution >= 0.6 is 23.2 Å². The summed E-state index contributed by atoms with van der Waals surface area (Å²) in [6, 6.07) is 10.6. The van der Waals surface area contributed by atoms with E-state index in [1.807, 2.05) is 30.3 Å². The summed E-state index contributed by atoms with van der Waals surface area (Å²) in [6.07, 6.45) is 0. The maximum absolute atomic E-state index is 11.7. The molecule has 0 atom stereocenters. The van der Waals surface area contributed by atoms with Crippen LogP contribution in [0.25, 0.3) is 10.7 Å². The van der Waals surface area contributed by atoms with E-state index in [0.717, 1.165) is 5.69 Å². The maximum Gasteiger partial charge on any atom is 0.271 e. The molecule has 2 rings (SSSR count). The zero-order valence-electron chi connectivity index (χ0n) is 8.15. The molecule has 5 heteroatoms. The molecule has 0 bridgehead atoms. The third kappa shape index (κ3) is 2.05. The smallest absolute Gasteiger partial charge is 0.271 e. The molecule has 1 aromatic carbocycles. The Balaban J connectivity index is 2.52. The Kier molecular flexibility index (Phi) is 3.17. The van der Waals surface area contributed by atoms with Crippen molar-refractivity contribution in [3.8, 4) is 5.69 Å². The minimum absolute atomic E-state index is 0.183. The molecule has 0 aliphatic heterocycles. The van der Waals surface area contributed by atoms with Gasteiger partial charge in [0.1, 0.15) is 0 Å². The van der Waals surface area contributed by atoms with Gasteiger partial charge in [-0.15, -0.1) is 0 Å². The lowest BCUT2D eigenvalue weighted by Crippen LogP contribution is -2.12. The fourth-order valence-corrected chi connectivity index (χ4v) is 1.56. The minimum atomic E-state index is -0.183. The molecule has 0 unspecified atom stereocenters. The van der Waals surface area contributed by atoms with Crippen LogP contribution in [0.3, 0.4) is 0 Å². The summed E-state index contributed by atoms with van der Waals surface area (Å²) in [5, 5.41) is 3.17. The first-order valence-electron chi connectivity index (χ1n) is 4.56. The topological polar surface area (TPSA) is 37.8 Å². The molecule has 1 aromatic heterocycles. The Labute approximate surface area is 102 Å². The van der Waals surface area contributed by atoms with E-state index >= 15 is 0 Å². The number of hydrogen-bond donors (Lipinski definition) is 1. The normalized spacial score (nSPS) is 11.8. The van der Waals surface area contributed by atoms with Crippen LogP contribution in [0.1, 0.15) is 5.69 Å². The van der Waals surface area contributed by atoms with Gasteiger partial charge in [0.25, 0.3) is 5.56 Å². The second-order valence-corrected chi connectivity index (χ2v) is 3.76. The number of para-hydroxylation sites is 1. The summed E-state index contributed by atoms with van der Waals surface area (Å²) in [5.41, 5.74) is 2.27. The van der Waals surface area contributed by atoms with Gasteiger partial charge in [-0.25, -0.2) is 4.68 Å². The summed E-state index contributed by atoms with van der Waals surface area (Å²) >= 11 is 11.3. The molecule has 0 amide bonds. The van der Waals surface area contributed by atoms with E-state index < -0.39 is 0 Å². The van der Waals surface area contributed by atoms with E-state index in [1.54, 1.807) is 0 Å². The third-order valence-corrected chi connectivity index (χ3v) is 2.73. The van der Waals surface area contributed by atoms with Gasteiger partial charge in [-0.3, -0.25) is 9.89 Å². The summed E-state index contributed by atoms with van der Waals surface area (Å²) in [5.74, 6) is 0. The molecular weight excluding hydrogens is 247 g/mol. The van der Waals surface area contributed by atoms with E-state index in [9.17, 15) is 4.79 Å². The average molecular weight is 255 g/mol. The van der Waals surface area contributed by atoms with Crippen molar-refractivity contribution in [2.24, 2.45) is 0 Å². The number of H-pyrrole nitrogens is 1. The lowest BCUT2D eigenvalue weighted by molar-refractivity contribution is 0.845. The van der Waals surface area contributed by atoms with Gasteiger partial charge >= 0.3 is 0 Å². The predicted molar refractivity (Wildman–Crippen MR) is 66.1 cm³/mol. The van der Waals surface area contributed by atoms with Gasteiger partial charge in [-0.1, -0.05) is 41.4 Å². The molecule has 0 spiro atoms. The zero-order chi connectivity index (χ0) is 11.5. The van der Waals surface area contributed by atoms with Gasteiger partial charge in [0, 0.05) is 11.6 Å². The summed E-state index contributed by atoms with van der Waals surface area (Å²) < 4.78 is 1.40. The fourth-order valence-electron chi connectivity index (χ4n) is 1.35. The van der Waals surface area contributed by atoms with Crippen LogP contribution in [0.2, 0.25) is 0 Å². The van der Waals surface area contributed by atoms with Crippen molar-refractivity contribution in [1.82, 2.24) is 9.78 Å². The number of rotatable bonds is 2. The Morgan fingerprint density at radius 2 is 2.00 bits per heavy atom. The maximum atomic E-state index is 11.7. The monoisotopic (exact) mass is 254 g/mol.